The molecule has 0 radical (unpaired) electrons. The first kappa shape index (κ1) is 14.8. The van der Waals surface area contributed by atoms with Crippen molar-refractivity contribution in [3.63, 3.8) is 0 Å². The normalized spacial score (nSPS) is 11.7. The van der Waals surface area contributed by atoms with Crippen molar-refractivity contribution in [2.75, 3.05) is 19.0 Å². The van der Waals surface area contributed by atoms with Crippen LogP contribution in [0, 0.1) is 0 Å². The standard InChI is InChI=1S/C8H9F3N2O4S/c9-8(10,11)4-16-2-1-5-12-13-7(17-5)18-3-6(14)15/h1-4H2,(H,14,15). The first-order chi connectivity index (χ1) is 8.37. The van der Waals surface area contributed by atoms with Crippen LogP contribution in [0.25, 0.3) is 0 Å². The van der Waals surface area contributed by atoms with Gasteiger partial charge in [0.25, 0.3) is 5.22 Å². The maximum absolute atomic E-state index is 11.7. The van der Waals surface area contributed by atoms with Gasteiger partial charge < -0.3 is 14.3 Å². The Morgan fingerprint density at radius 3 is 2.78 bits per heavy atom. The van der Waals surface area contributed by atoms with Crippen molar-refractivity contribution in [1.82, 2.24) is 10.2 Å². The number of alkyl halides is 3. The van der Waals surface area contributed by atoms with Crippen LogP contribution in [0.3, 0.4) is 0 Å². The van der Waals surface area contributed by atoms with Gasteiger partial charge in [-0.25, -0.2) is 0 Å². The van der Waals surface area contributed by atoms with E-state index < -0.39 is 18.8 Å². The Bertz CT molecular complexity index is 396. The molecule has 1 aromatic heterocycles. The molecule has 1 aromatic rings. The Morgan fingerprint density at radius 1 is 1.44 bits per heavy atom. The van der Waals surface area contributed by atoms with Gasteiger partial charge in [0.15, 0.2) is 0 Å². The zero-order valence-corrected chi connectivity index (χ0v) is 9.75. The monoisotopic (exact) mass is 286 g/mol. The summed E-state index contributed by atoms with van der Waals surface area (Å²) >= 11 is 0.832. The van der Waals surface area contributed by atoms with E-state index in [1.165, 1.54) is 0 Å². The number of carbonyl (C=O) groups is 1. The van der Waals surface area contributed by atoms with E-state index in [2.05, 4.69) is 14.9 Å². The first-order valence-corrected chi connectivity index (χ1v) is 5.67. The number of thioether (sulfide) groups is 1. The molecule has 0 atom stereocenters. The molecule has 0 aromatic carbocycles. The van der Waals surface area contributed by atoms with Crippen LogP contribution in [0.5, 0.6) is 0 Å². The molecule has 0 aliphatic rings. The van der Waals surface area contributed by atoms with Crippen molar-refractivity contribution in [2.24, 2.45) is 0 Å². The molecule has 102 valence electrons. The van der Waals surface area contributed by atoms with Crippen LogP contribution >= 0.6 is 11.8 Å². The number of halogens is 3. The summed E-state index contributed by atoms with van der Waals surface area (Å²) in [4.78, 5) is 10.2. The van der Waals surface area contributed by atoms with Crippen molar-refractivity contribution < 1.29 is 32.2 Å². The molecule has 1 N–H and O–H groups in total. The van der Waals surface area contributed by atoms with E-state index in [1.807, 2.05) is 0 Å². The minimum Gasteiger partial charge on any atom is -0.481 e. The summed E-state index contributed by atoms with van der Waals surface area (Å²) in [5, 5.41) is 15.5. The number of hydrogen-bond acceptors (Lipinski definition) is 6. The molecule has 1 rings (SSSR count). The lowest BCUT2D eigenvalue weighted by Gasteiger charge is -2.05. The Kier molecular flexibility index (Phi) is 5.41. The molecule has 0 amide bonds. The second kappa shape index (κ2) is 6.59. The quantitative estimate of drug-likeness (QED) is 0.598. The molecule has 0 saturated heterocycles. The van der Waals surface area contributed by atoms with Gasteiger partial charge >= 0.3 is 12.1 Å². The van der Waals surface area contributed by atoms with Crippen molar-refractivity contribution in [1.29, 1.82) is 0 Å². The van der Waals surface area contributed by atoms with Crippen LogP contribution in [-0.4, -0.2) is 46.4 Å². The number of carboxylic acids is 1. The van der Waals surface area contributed by atoms with Gasteiger partial charge in [0.05, 0.1) is 6.61 Å². The Morgan fingerprint density at radius 2 is 2.17 bits per heavy atom. The SMILES string of the molecule is O=C(O)CSc1nnc(CCOCC(F)(F)F)o1. The lowest BCUT2D eigenvalue weighted by atomic mass is 10.4. The van der Waals surface area contributed by atoms with Gasteiger partial charge in [-0.2, -0.15) is 13.2 Å². The van der Waals surface area contributed by atoms with E-state index in [4.69, 9.17) is 9.52 Å². The Hall–Kier alpha value is -1.29. The molecule has 1 heterocycles. The predicted octanol–water partition coefficient (Wildman–Crippen LogP) is 1.37. The van der Waals surface area contributed by atoms with Gasteiger partial charge in [-0.05, 0) is 0 Å². The summed E-state index contributed by atoms with van der Waals surface area (Å²) < 4.78 is 44.5. The maximum Gasteiger partial charge on any atom is 0.411 e. The fourth-order valence-electron chi connectivity index (χ4n) is 0.868. The maximum atomic E-state index is 11.7. The molecule has 0 spiro atoms. The van der Waals surface area contributed by atoms with E-state index in [-0.39, 0.29) is 29.9 Å². The zero-order chi connectivity index (χ0) is 13.6. The molecule has 0 aliphatic heterocycles. The molecule has 0 saturated carbocycles. The van der Waals surface area contributed by atoms with Crippen molar-refractivity contribution in [3.05, 3.63) is 5.89 Å². The molecule has 6 nitrogen and oxygen atoms in total. The van der Waals surface area contributed by atoms with Gasteiger partial charge in [-0.1, -0.05) is 11.8 Å². The Labute approximate surface area is 104 Å². The summed E-state index contributed by atoms with van der Waals surface area (Å²) in [7, 11) is 0. The predicted molar refractivity (Wildman–Crippen MR) is 53.2 cm³/mol. The topological polar surface area (TPSA) is 85.5 Å². The molecular formula is C8H9F3N2O4S. The van der Waals surface area contributed by atoms with Crippen LogP contribution in [0.2, 0.25) is 0 Å². The number of ether oxygens (including phenoxy) is 1. The van der Waals surface area contributed by atoms with E-state index in [1.54, 1.807) is 0 Å². The van der Waals surface area contributed by atoms with Gasteiger partial charge in [0.1, 0.15) is 12.4 Å². The minimum atomic E-state index is -4.36. The van der Waals surface area contributed by atoms with Crippen molar-refractivity contribution >= 4 is 17.7 Å². The Balaban J connectivity index is 2.25. The van der Waals surface area contributed by atoms with Gasteiger partial charge in [0.2, 0.25) is 5.89 Å². The van der Waals surface area contributed by atoms with Gasteiger partial charge in [-0.3, -0.25) is 4.79 Å². The molecule has 0 unspecified atom stereocenters. The third kappa shape index (κ3) is 6.45. The highest BCUT2D eigenvalue weighted by Crippen LogP contribution is 2.17. The van der Waals surface area contributed by atoms with Crippen LogP contribution in [-0.2, 0) is 16.0 Å². The number of hydrogen-bond donors (Lipinski definition) is 1. The number of carboxylic acid groups (broad SMARTS) is 1. The summed E-state index contributed by atoms with van der Waals surface area (Å²) in [5.74, 6) is -1.16. The van der Waals surface area contributed by atoms with Crippen LogP contribution in [0.4, 0.5) is 13.2 Å². The molecule has 10 heteroatoms. The number of rotatable bonds is 7. The highest BCUT2D eigenvalue weighted by Gasteiger charge is 2.27. The second-order valence-corrected chi connectivity index (χ2v) is 3.99. The van der Waals surface area contributed by atoms with E-state index in [0.29, 0.717) is 0 Å². The lowest BCUT2D eigenvalue weighted by molar-refractivity contribution is -0.173. The molecule has 0 bridgehead atoms. The summed E-state index contributed by atoms with van der Waals surface area (Å²) in [6.07, 6.45) is -4.33. The van der Waals surface area contributed by atoms with Crippen LogP contribution in [0.1, 0.15) is 5.89 Å². The fourth-order valence-corrected chi connectivity index (χ4v) is 1.37. The third-order valence-corrected chi connectivity index (χ3v) is 2.30. The molecule has 0 fully saturated rings. The molecular weight excluding hydrogens is 277 g/mol. The highest BCUT2D eigenvalue weighted by atomic mass is 32.2. The average molecular weight is 286 g/mol. The summed E-state index contributed by atoms with van der Waals surface area (Å²) in [6, 6.07) is 0. The van der Waals surface area contributed by atoms with Gasteiger partial charge in [-0.15, -0.1) is 10.2 Å². The van der Waals surface area contributed by atoms with E-state index in [0.717, 1.165) is 11.8 Å². The van der Waals surface area contributed by atoms with E-state index in [9.17, 15) is 18.0 Å². The third-order valence-electron chi connectivity index (χ3n) is 1.49. The number of aliphatic carboxylic acids is 1. The highest BCUT2D eigenvalue weighted by molar-refractivity contribution is 7.99. The summed E-state index contributed by atoms with van der Waals surface area (Å²) in [6.45, 7) is -1.54. The van der Waals surface area contributed by atoms with E-state index >= 15 is 0 Å². The zero-order valence-electron chi connectivity index (χ0n) is 8.94. The van der Waals surface area contributed by atoms with Gasteiger partial charge in [0, 0.05) is 6.42 Å². The fraction of sp³-hybridized carbons (Fsp3) is 0.625. The second-order valence-electron chi connectivity index (χ2n) is 3.06. The summed E-state index contributed by atoms with van der Waals surface area (Å²) in [5.41, 5.74) is 0. The van der Waals surface area contributed by atoms with Crippen molar-refractivity contribution in [2.45, 2.75) is 17.8 Å². The van der Waals surface area contributed by atoms with Crippen molar-refractivity contribution in [3.8, 4) is 0 Å². The molecule has 0 aliphatic carbocycles. The smallest absolute Gasteiger partial charge is 0.411 e. The number of aromatic nitrogens is 2. The first-order valence-electron chi connectivity index (χ1n) is 4.68. The molecule has 18 heavy (non-hydrogen) atoms. The lowest BCUT2D eigenvalue weighted by Crippen LogP contribution is -2.17. The average Bonchev–Trinajstić information content (AvgIpc) is 2.68. The van der Waals surface area contributed by atoms with Crippen LogP contribution in [0.15, 0.2) is 9.64 Å². The minimum absolute atomic E-state index is 0.0384. The van der Waals surface area contributed by atoms with Crippen LogP contribution < -0.4 is 0 Å². The number of nitrogens with zero attached hydrogens (tertiary/aromatic N) is 2. The largest absolute Gasteiger partial charge is 0.481 e.